The molecule has 108 valence electrons. The van der Waals surface area contributed by atoms with Crippen LogP contribution in [0.25, 0.3) is 10.4 Å². The van der Waals surface area contributed by atoms with Crippen LogP contribution in [0.1, 0.15) is 4.88 Å². The highest BCUT2D eigenvalue weighted by Crippen LogP contribution is 2.29. The van der Waals surface area contributed by atoms with Crippen LogP contribution in [-0.2, 0) is 0 Å². The van der Waals surface area contributed by atoms with Crippen molar-refractivity contribution < 1.29 is 4.74 Å². The second kappa shape index (κ2) is 6.65. The van der Waals surface area contributed by atoms with Crippen LogP contribution in [-0.4, -0.2) is 20.0 Å². The van der Waals surface area contributed by atoms with Crippen molar-refractivity contribution in [2.24, 2.45) is 15.8 Å². The van der Waals surface area contributed by atoms with Gasteiger partial charge in [-0.2, -0.15) is 0 Å². The zero-order valence-corrected chi connectivity index (χ0v) is 12.4. The summed E-state index contributed by atoms with van der Waals surface area (Å²) in [5.74, 6) is 0.931. The first-order valence-corrected chi connectivity index (χ1v) is 6.90. The molecule has 0 aliphatic carbocycles. The third kappa shape index (κ3) is 3.44. The molecular weight excluding hydrogens is 288 g/mol. The Kier molecular flexibility index (Phi) is 4.65. The predicted molar refractivity (Wildman–Crippen MR) is 86.1 cm³/mol. The quantitative estimate of drug-likeness (QED) is 0.288. The van der Waals surface area contributed by atoms with E-state index in [1.54, 1.807) is 18.2 Å². The Bertz CT molecular complexity index is 717. The minimum absolute atomic E-state index is 0.384. The lowest BCUT2D eigenvalue weighted by Gasteiger charge is -2.05. The molecule has 0 bridgehead atoms. The average Bonchev–Trinajstić information content (AvgIpc) is 2.95. The van der Waals surface area contributed by atoms with Crippen LogP contribution in [0.3, 0.4) is 0 Å². The van der Waals surface area contributed by atoms with Gasteiger partial charge in [-0.15, -0.1) is 11.3 Å². The molecule has 0 atom stereocenters. The highest BCUT2D eigenvalue weighted by atomic mass is 32.1. The van der Waals surface area contributed by atoms with Crippen LogP contribution in [0.2, 0.25) is 0 Å². The molecule has 7 nitrogen and oxygen atoms in total. The van der Waals surface area contributed by atoms with Gasteiger partial charge in [-0.05, 0) is 29.1 Å². The average molecular weight is 302 g/mol. The molecule has 1 heterocycles. The van der Waals surface area contributed by atoms with Gasteiger partial charge in [0.05, 0.1) is 23.4 Å². The van der Waals surface area contributed by atoms with Crippen LogP contribution in [0.4, 0.5) is 17.1 Å². The summed E-state index contributed by atoms with van der Waals surface area (Å²) in [4.78, 5) is 7.98. The highest BCUT2D eigenvalue weighted by Gasteiger charge is 2.08. The lowest BCUT2D eigenvalue weighted by Crippen LogP contribution is -2.12. The van der Waals surface area contributed by atoms with Crippen molar-refractivity contribution in [2.75, 3.05) is 19.5 Å². The van der Waals surface area contributed by atoms with Crippen molar-refractivity contribution >= 4 is 34.2 Å². The normalized spacial score (nSPS) is 10.9. The number of hydrogen-bond donors (Lipinski definition) is 2. The zero-order chi connectivity index (χ0) is 15.2. The Morgan fingerprint density at radius 1 is 1.38 bits per heavy atom. The zero-order valence-electron chi connectivity index (χ0n) is 11.6. The predicted octanol–water partition coefficient (Wildman–Crippen LogP) is 3.78. The summed E-state index contributed by atoms with van der Waals surface area (Å²) in [7, 11) is 3.36. The van der Waals surface area contributed by atoms with Crippen molar-refractivity contribution in [3.63, 3.8) is 0 Å². The summed E-state index contributed by atoms with van der Waals surface area (Å²) in [6, 6.07) is 6.91. The topological polar surface area (TPSA) is 108 Å². The Labute approximate surface area is 125 Å². The van der Waals surface area contributed by atoms with Crippen LogP contribution >= 0.6 is 11.3 Å². The van der Waals surface area contributed by atoms with E-state index < -0.39 is 0 Å². The van der Waals surface area contributed by atoms with Crippen LogP contribution in [0, 0.1) is 0 Å². The van der Waals surface area contributed by atoms with Crippen molar-refractivity contribution in [1.82, 2.24) is 0 Å². The molecule has 2 rings (SSSR count). The number of anilines is 1. The van der Waals surface area contributed by atoms with Gasteiger partial charge in [-0.3, -0.25) is 0 Å². The van der Waals surface area contributed by atoms with E-state index in [-0.39, 0.29) is 0 Å². The maximum atomic E-state index is 8.53. The number of nitrogens with zero attached hydrogens (tertiary/aromatic N) is 4. The number of azide groups is 1. The molecular formula is C13H14N6OS. The smallest absolute Gasteiger partial charge is 0.143 e. The van der Waals surface area contributed by atoms with E-state index in [9.17, 15) is 0 Å². The summed E-state index contributed by atoms with van der Waals surface area (Å²) in [6.07, 6.45) is 0. The van der Waals surface area contributed by atoms with Crippen molar-refractivity contribution in [1.29, 1.82) is 0 Å². The van der Waals surface area contributed by atoms with E-state index in [1.165, 1.54) is 18.4 Å². The van der Waals surface area contributed by atoms with Gasteiger partial charge >= 0.3 is 0 Å². The Hall–Kier alpha value is -2.70. The van der Waals surface area contributed by atoms with Crippen molar-refractivity contribution in [3.05, 3.63) is 45.0 Å². The first-order chi connectivity index (χ1) is 10.2. The van der Waals surface area contributed by atoms with E-state index in [4.69, 9.17) is 16.0 Å². The molecule has 0 radical (unpaired) electrons. The molecule has 1 aromatic carbocycles. The number of hydrogen-bond acceptors (Lipinski definition) is 5. The van der Waals surface area contributed by atoms with Gasteiger partial charge in [0.15, 0.2) is 0 Å². The molecule has 2 aromatic rings. The second-order valence-electron chi connectivity index (χ2n) is 3.99. The summed E-state index contributed by atoms with van der Waals surface area (Å²) < 4.78 is 5.16. The number of aliphatic imine (C=N–C) groups is 1. The molecule has 0 aliphatic heterocycles. The molecule has 0 spiro atoms. The molecule has 0 saturated carbocycles. The lowest BCUT2D eigenvalue weighted by atomic mass is 10.2. The summed E-state index contributed by atoms with van der Waals surface area (Å²) in [6.45, 7) is 0. The monoisotopic (exact) mass is 302 g/mol. The number of nitrogens with one attached hydrogen (secondary N) is 1. The van der Waals surface area contributed by atoms with Gasteiger partial charge in [0.1, 0.15) is 11.6 Å². The van der Waals surface area contributed by atoms with Gasteiger partial charge < -0.3 is 15.8 Å². The first kappa shape index (κ1) is 14.7. The van der Waals surface area contributed by atoms with Gasteiger partial charge in [-0.1, -0.05) is 5.11 Å². The van der Waals surface area contributed by atoms with E-state index >= 15 is 0 Å². The fourth-order valence-electron chi connectivity index (χ4n) is 1.75. The molecule has 3 N–H and O–H groups in total. The number of amidine groups is 1. The Balaban J connectivity index is 2.43. The molecule has 0 fully saturated rings. The summed E-state index contributed by atoms with van der Waals surface area (Å²) in [5.41, 5.74) is 16.5. The molecule has 0 unspecified atom stereocenters. The molecule has 1 aromatic heterocycles. The number of rotatable bonds is 5. The number of thiophene rings is 1. The fourth-order valence-corrected chi connectivity index (χ4v) is 2.56. The second-order valence-corrected chi connectivity index (χ2v) is 4.91. The molecule has 21 heavy (non-hydrogen) atoms. The Morgan fingerprint density at radius 2 is 2.14 bits per heavy atom. The molecule has 8 heteroatoms. The SMILES string of the molecule is CNc1ccsc1C(N)=Nc1cc(N=[N+]=[N-])cc(OC)c1. The van der Waals surface area contributed by atoms with Crippen LogP contribution < -0.4 is 15.8 Å². The number of ether oxygens (including phenoxy) is 1. The Morgan fingerprint density at radius 3 is 2.81 bits per heavy atom. The minimum Gasteiger partial charge on any atom is -0.497 e. The largest absolute Gasteiger partial charge is 0.497 e. The van der Waals surface area contributed by atoms with Crippen molar-refractivity contribution in [3.8, 4) is 5.75 Å². The standard InChI is InChI=1S/C13H14N6OS/c1-16-11-3-4-21-12(11)13(14)17-8-5-9(18-19-15)7-10(6-8)20-2/h3-7,16H,1-2H3,(H2,14,17). The minimum atomic E-state index is 0.384. The van der Waals surface area contributed by atoms with E-state index in [0.717, 1.165) is 10.6 Å². The maximum absolute atomic E-state index is 8.53. The van der Waals surface area contributed by atoms with E-state index in [0.29, 0.717) is 23.0 Å². The van der Waals surface area contributed by atoms with Gasteiger partial charge in [0.2, 0.25) is 0 Å². The lowest BCUT2D eigenvalue weighted by molar-refractivity contribution is 0.415. The number of benzene rings is 1. The van der Waals surface area contributed by atoms with Crippen LogP contribution in [0.15, 0.2) is 39.8 Å². The highest BCUT2D eigenvalue weighted by molar-refractivity contribution is 7.12. The summed E-state index contributed by atoms with van der Waals surface area (Å²) in [5, 5.41) is 8.55. The fraction of sp³-hybridized carbons (Fsp3) is 0.154. The van der Waals surface area contributed by atoms with Crippen molar-refractivity contribution in [2.45, 2.75) is 0 Å². The van der Waals surface area contributed by atoms with Gasteiger partial charge in [-0.25, -0.2) is 4.99 Å². The van der Waals surface area contributed by atoms with Crippen LogP contribution in [0.5, 0.6) is 5.75 Å². The third-order valence-corrected chi connectivity index (χ3v) is 3.63. The molecule has 0 amide bonds. The van der Waals surface area contributed by atoms with E-state index in [2.05, 4.69) is 20.3 Å². The summed E-state index contributed by atoms with van der Waals surface area (Å²) >= 11 is 1.49. The van der Waals surface area contributed by atoms with Gasteiger partial charge in [0.25, 0.3) is 0 Å². The van der Waals surface area contributed by atoms with E-state index in [1.807, 2.05) is 18.5 Å². The van der Waals surface area contributed by atoms with Gasteiger partial charge in [0, 0.05) is 23.7 Å². The first-order valence-electron chi connectivity index (χ1n) is 6.02. The third-order valence-electron chi connectivity index (χ3n) is 2.69. The molecule has 0 saturated heterocycles. The maximum Gasteiger partial charge on any atom is 0.143 e. The molecule has 0 aliphatic rings. The number of methoxy groups -OCH3 is 1. The number of nitrogens with two attached hydrogens (primary N) is 1.